The molecule has 0 bridgehead atoms. The van der Waals surface area contributed by atoms with E-state index in [1.165, 1.54) is 0 Å². The summed E-state index contributed by atoms with van der Waals surface area (Å²) in [6.45, 7) is 1.69. The van der Waals surface area contributed by atoms with Crippen LogP contribution < -0.4 is 0 Å². The van der Waals surface area contributed by atoms with Gasteiger partial charge in [0.25, 0.3) is 0 Å². The lowest BCUT2D eigenvalue weighted by molar-refractivity contribution is 0.100. The molecule has 2 aromatic heterocycles. The van der Waals surface area contributed by atoms with Gasteiger partial charge in [-0.3, -0.25) is 9.59 Å². The van der Waals surface area contributed by atoms with Crippen molar-refractivity contribution < 1.29 is 18.4 Å². The van der Waals surface area contributed by atoms with Crippen LogP contribution in [0.1, 0.15) is 37.9 Å². The van der Waals surface area contributed by atoms with Crippen LogP contribution in [0.15, 0.2) is 93.8 Å². The van der Waals surface area contributed by atoms with Crippen molar-refractivity contribution in [1.82, 2.24) is 4.98 Å². The van der Waals surface area contributed by atoms with Gasteiger partial charge in [0.2, 0.25) is 11.7 Å². The monoisotopic (exact) mass is 407 g/mol. The van der Waals surface area contributed by atoms with Crippen LogP contribution in [0.25, 0.3) is 22.4 Å². The lowest BCUT2D eigenvalue weighted by Gasteiger charge is -2.01. The Morgan fingerprint density at radius 1 is 0.774 bits per heavy atom. The lowest BCUT2D eigenvalue weighted by atomic mass is 10.0. The molecule has 0 N–H and O–H groups in total. The summed E-state index contributed by atoms with van der Waals surface area (Å²) in [6.07, 6.45) is 0. The smallest absolute Gasteiger partial charge is 0.250 e. The number of benzene rings is 3. The molecule has 5 aromatic rings. The van der Waals surface area contributed by atoms with Gasteiger partial charge in [0.15, 0.2) is 17.2 Å². The number of ketones is 2. The molecule has 3 aromatic carbocycles. The summed E-state index contributed by atoms with van der Waals surface area (Å²) in [5.74, 6) is 0.336. The highest BCUT2D eigenvalue weighted by molar-refractivity contribution is 6.16. The number of rotatable bonds is 5. The predicted octanol–water partition coefficient (Wildman–Crippen LogP) is 5.86. The second kappa shape index (κ2) is 7.54. The molecule has 0 unspecified atom stereocenters. The molecular weight excluding hydrogens is 390 g/mol. The molecule has 150 valence electrons. The number of para-hydroxylation sites is 1. The fourth-order valence-electron chi connectivity index (χ4n) is 3.53. The maximum Gasteiger partial charge on any atom is 0.250 e. The van der Waals surface area contributed by atoms with E-state index in [2.05, 4.69) is 4.98 Å². The number of hydrogen-bond donors (Lipinski definition) is 0. The number of nitrogens with zero attached hydrogens (tertiary/aromatic N) is 1. The Balaban J connectivity index is 1.54. The highest BCUT2D eigenvalue weighted by Gasteiger charge is 2.24. The quantitative estimate of drug-likeness (QED) is 0.341. The van der Waals surface area contributed by atoms with Crippen molar-refractivity contribution in [2.75, 3.05) is 0 Å². The topological polar surface area (TPSA) is 73.3 Å². The SMILES string of the molecule is Cc1oc(-c2ccccc2)nc1C(=O)c1cc2cccc(C(=O)c3ccccc3)c2o1. The van der Waals surface area contributed by atoms with Gasteiger partial charge in [-0.1, -0.05) is 60.7 Å². The predicted molar refractivity (Wildman–Crippen MR) is 116 cm³/mol. The molecule has 5 nitrogen and oxygen atoms in total. The molecule has 0 spiro atoms. The first-order chi connectivity index (χ1) is 15.1. The van der Waals surface area contributed by atoms with Crippen molar-refractivity contribution in [3.8, 4) is 11.5 Å². The van der Waals surface area contributed by atoms with Crippen LogP contribution in [-0.4, -0.2) is 16.6 Å². The van der Waals surface area contributed by atoms with Gasteiger partial charge in [-0.25, -0.2) is 4.98 Å². The van der Waals surface area contributed by atoms with Gasteiger partial charge >= 0.3 is 0 Å². The number of carbonyl (C=O) groups excluding carboxylic acids is 2. The van der Waals surface area contributed by atoms with Gasteiger partial charge in [-0.05, 0) is 31.2 Å². The van der Waals surface area contributed by atoms with E-state index in [1.54, 1.807) is 37.3 Å². The average molecular weight is 407 g/mol. The molecule has 0 radical (unpaired) electrons. The Morgan fingerprint density at radius 2 is 1.48 bits per heavy atom. The zero-order valence-corrected chi connectivity index (χ0v) is 16.7. The third-order valence-electron chi connectivity index (χ3n) is 5.08. The molecule has 0 aliphatic rings. The molecule has 0 aliphatic heterocycles. The maximum atomic E-state index is 13.1. The van der Waals surface area contributed by atoms with Crippen LogP contribution in [-0.2, 0) is 0 Å². The van der Waals surface area contributed by atoms with Gasteiger partial charge in [0.05, 0.1) is 5.56 Å². The summed E-state index contributed by atoms with van der Waals surface area (Å²) in [4.78, 5) is 30.5. The highest BCUT2D eigenvalue weighted by Crippen LogP contribution is 2.28. The van der Waals surface area contributed by atoms with Gasteiger partial charge in [0.1, 0.15) is 11.3 Å². The van der Waals surface area contributed by atoms with Crippen LogP contribution in [0.3, 0.4) is 0 Å². The van der Waals surface area contributed by atoms with E-state index in [1.807, 2.05) is 54.6 Å². The van der Waals surface area contributed by atoms with Crippen molar-refractivity contribution in [2.24, 2.45) is 0 Å². The van der Waals surface area contributed by atoms with Crippen molar-refractivity contribution in [2.45, 2.75) is 6.92 Å². The molecule has 0 fully saturated rings. The first-order valence-electron chi connectivity index (χ1n) is 9.81. The molecule has 0 saturated heterocycles. The molecule has 0 atom stereocenters. The minimum absolute atomic E-state index is 0.110. The number of oxazole rings is 1. The Labute approximate surface area is 178 Å². The summed E-state index contributed by atoms with van der Waals surface area (Å²) < 4.78 is 11.6. The van der Waals surface area contributed by atoms with E-state index in [-0.39, 0.29) is 17.2 Å². The van der Waals surface area contributed by atoms with Crippen LogP contribution in [0, 0.1) is 6.92 Å². The Hall–Kier alpha value is -4.25. The normalized spacial score (nSPS) is 11.0. The van der Waals surface area contributed by atoms with Gasteiger partial charge in [0, 0.05) is 16.5 Å². The van der Waals surface area contributed by atoms with E-state index in [0.29, 0.717) is 33.7 Å². The van der Waals surface area contributed by atoms with E-state index >= 15 is 0 Å². The number of carbonyl (C=O) groups is 2. The molecule has 5 heteroatoms. The van der Waals surface area contributed by atoms with Crippen LogP contribution in [0.4, 0.5) is 0 Å². The van der Waals surface area contributed by atoms with Gasteiger partial charge in [-0.15, -0.1) is 0 Å². The third kappa shape index (κ3) is 3.36. The molecular formula is C26H17NO4. The van der Waals surface area contributed by atoms with Crippen molar-refractivity contribution in [3.05, 3.63) is 113 Å². The van der Waals surface area contributed by atoms with E-state index in [0.717, 1.165) is 5.56 Å². The second-order valence-electron chi connectivity index (χ2n) is 7.15. The van der Waals surface area contributed by atoms with Crippen LogP contribution in [0.2, 0.25) is 0 Å². The van der Waals surface area contributed by atoms with E-state index in [9.17, 15) is 9.59 Å². The first-order valence-corrected chi connectivity index (χ1v) is 9.81. The maximum absolute atomic E-state index is 13.1. The third-order valence-corrected chi connectivity index (χ3v) is 5.08. The van der Waals surface area contributed by atoms with Crippen molar-refractivity contribution >= 4 is 22.5 Å². The Morgan fingerprint density at radius 3 is 2.23 bits per heavy atom. The fraction of sp³-hybridized carbons (Fsp3) is 0.0385. The average Bonchev–Trinajstić information content (AvgIpc) is 3.43. The van der Waals surface area contributed by atoms with Crippen LogP contribution >= 0.6 is 0 Å². The second-order valence-corrected chi connectivity index (χ2v) is 7.15. The van der Waals surface area contributed by atoms with Crippen molar-refractivity contribution in [3.63, 3.8) is 0 Å². The number of aromatic nitrogens is 1. The lowest BCUT2D eigenvalue weighted by Crippen LogP contribution is -2.02. The number of hydrogen-bond acceptors (Lipinski definition) is 5. The number of aryl methyl sites for hydroxylation is 1. The standard InChI is InChI=1S/C26H17NO4/c1-16-22(27-26(30-16)18-11-6-3-7-12-18)24(29)21-15-19-13-8-14-20(25(19)31-21)23(28)17-9-4-2-5-10-17/h2-15H,1H3. The molecule has 5 rings (SSSR count). The molecule has 0 saturated carbocycles. The molecule has 2 heterocycles. The summed E-state index contributed by atoms with van der Waals surface area (Å²) in [6, 6.07) is 25.3. The summed E-state index contributed by atoms with van der Waals surface area (Å²) in [5, 5.41) is 0.676. The summed E-state index contributed by atoms with van der Waals surface area (Å²) >= 11 is 0. The van der Waals surface area contributed by atoms with Crippen molar-refractivity contribution in [1.29, 1.82) is 0 Å². The Kier molecular flexibility index (Phi) is 4.56. The summed E-state index contributed by atoms with van der Waals surface area (Å²) in [7, 11) is 0. The molecule has 0 amide bonds. The van der Waals surface area contributed by atoms with Crippen LogP contribution in [0.5, 0.6) is 0 Å². The zero-order chi connectivity index (χ0) is 21.4. The van der Waals surface area contributed by atoms with E-state index in [4.69, 9.17) is 8.83 Å². The van der Waals surface area contributed by atoms with Gasteiger partial charge in [-0.2, -0.15) is 0 Å². The largest absolute Gasteiger partial charge is 0.452 e. The Bertz CT molecular complexity index is 1410. The van der Waals surface area contributed by atoms with Gasteiger partial charge < -0.3 is 8.83 Å². The number of furan rings is 1. The first kappa shape index (κ1) is 18.8. The molecule has 0 aliphatic carbocycles. The number of fused-ring (bicyclic) bond motifs is 1. The fourth-order valence-corrected chi connectivity index (χ4v) is 3.53. The highest BCUT2D eigenvalue weighted by atomic mass is 16.4. The minimum atomic E-state index is -0.391. The minimum Gasteiger partial charge on any atom is -0.452 e. The summed E-state index contributed by atoms with van der Waals surface area (Å²) in [5.41, 5.74) is 2.31. The zero-order valence-electron chi connectivity index (χ0n) is 16.7. The van der Waals surface area contributed by atoms with E-state index < -0.39 is 5.78 Å². The molecule has 31 heavy (non-hydrogen) atoms.